The maximum atomic E-state index is 4.38. The summed E-state index contributed by atoms with van der Waals surface area (Å²) in [5.74, 6) is 0. The Bertz CT molecular complexity index is 502. The van der Waals surface area contributed by atoms with Crippen LogP contribution in [0.5, 0.6) is 0 Å². The molecular weight excluding hydrogens is 222 g/mol. The van der Waals surface area contributed by atoms with Gasteiger partial charge < -0.3 is 5.32 Å². The highest BCUT2D eigenvalue weighted by Crippen LogP contribution is 2.23. The minimum absolute atomic E-state index is 0.368. The Hall–Kier alpha value is -1.61. The van der Waals surface area contributed by atoms with Gasteiger partial charge in [0.15, 0.2) is 0 Å². The summed E-state index contributed by atoms with van der Waals surface area (Å²) in [7, 11) is 1.98. The summed E-state index contributed by atoms with van der Waals surface area (Å²) in [5.41, 5.74) is 3.74. The van der Waals surface area contributed by atoms with Crippen LogP contribution in [0.15, 0.2) is 36.5 Å². The second kappa shape index (κ2) is 5.83. The molecule has 1 aromatic heterocycles. The smallest absolute Gasteiger partial charge is 0.0682 e. The normalized spacial score (nSPS) is 12.6. The van der Waals surface area contributed by atoms with E-state index in [0.29, 0.717) is 6.04 Å². The minimum atomic E-state index is 0.368. The van der Waals surface area contributed by atoms with Gasteiger partial charge in [0.25, 0.3) is 0 Å². The zero-order valence-electron chi connectivity index (χ0n) is 11.4. The molecule has 2 rings (SSSR count). The summed E-state index contributed by atoms with van der Waals surface area (Å²) in [6.07, 6.45) is 2.97. The van der Waals surface area contributed by atoms with Crippen LogP contribution in [0.4, 0.5) is 0 Å². The lowest BCUT2D eigenvalue weighted by Crippen LogP contribution is -2.12. The van der Waals surface area contributed by atoms with Crippen molar-refractivity contribution in [3.05, 3.63) is 42.1 Å². The predicted octanol–water partition coefficient (Wildman–Crippen LogP) is 3.24. The average Bonchev–Trinajstić information content (AvgIpc) is 2.87. The first-order valence-corrected chi connectivity index (χ1v) is 6.55. The highest BCUT2D eigenvalue weighted by atomic mass is 15.3. The van der Waals surface area contributed by atoms with E-state index >= 15 is 0 Å². The van der Waals surface area contributed by atoms with Crippen LogP contribution in [-0.4, -0.2) is 16.8 Å². The maximum absolute atomic E-state index is 4.38. The summed E-state index contributed by atoms with van der Waals surface area (Å²) in [4.78, 5) is 0. The molecule has 0 aliphatic rings. The molecule has 96 valence electrons. The molecule has 18 heavy (non-hydrogen) atoms. The second-order valence-electron chi connectivity index (χ2n) is 4.58. The molecule has 0 aliphatic carbocycles. The number of rotatable bonds is 5. The maximum Gasteiger partial charge on any atom is 0.0682 e. The number of nitrogens with one attached hydrogen (secondary N) is 1. The Morgan fingerprint density at radius 3 is 2.89 bits per heavy atom. The Labute approximate surface area is 109 Å². The van der Waals surface area contributed by atoms with Gasteiger partial charge in [-0.2, -0.15) is 5.10 Å². The number of aromatic nitrogens is 2. The van der Waals surface area contributed by atoms with E-state index in [1.165, 1.54) is 16.8 Å². The summed E-state index contributed by atoms with van der Waals surface area (Å²) >= 11 is 0. The molecule has 0 amide bonds. The van der Waals surface area contributed by atoms with Gasteiger partial charge in [-0.3, -0.25) is 4.68 Å². The fraction of sp³-hybridized carbons (Fsp3) is 0.400. The summed E-state index contributed by atoms with van der Waals surface area (Å²) in [5, 5.41) is 7.65. The van der Waals surface area contributed by atoms with Gasteiger partial charge in [-0.15, -0.1) is 0 Å². The molecule has 1 unspecified atom stereocenters. The third-order valence-corrected chi connectivity index (χ3v) is 3.27. The van der Waals surface area contributed by atoms with E-state index in [9.17, 15) is 0 Å². The Morgan fingerprint density at radius 2 is 2.17 bits per heavy atom. The molecule has 0 bridgehead atoms. The number of aryl methyl sites for hydroxylation is 1. The van der Waals surface area contributed by atoms with Crippen LogP contribution in [0.25, 0.3) is 11.3 Å². The van der Waals surface area contributed by atoms with Crippen LogP contribution in [0, 0.1) is 0 Å². The van der Waals surface area contributed by atoms with Crippen molar-refractivity contribution in [2.75, 3.05) is 7.05 Å². The van der Waals surface area contributed by atoms with Crippen molar-refractivity contribution in [1.29, 1.82) is 0 Å². The molecule has 3 heteroatoms. The fourth-order valence-corrected chi connectivity index (χ4v) is 2.10. The lowest BCUT2D eigenvalue weighted by atomic mass is 10.0. The van der Waals surface area contributed by atoms with Crippen molar-refractivity contribution in [3.8, 4) is 11.3 Å². The van der Waals surface area contributed by atoms with Gasteiger partial charge in [0, 0.05) is 24.3 Å². The average molecular weight is 243 g/mol. The van der Waals surface area contributed by atoms with E-state index in [2.05, 4.69) is 59.3 Å². The Balaban J connectivity index is 2.35. The summed E-state index contributed by atoms with van der Waals surface area (Å²) < 4.78 is 2.07. The molecule has 0 saturated carbocycles. The van der Waals surface area contributed by atoms with Crippen LogP contribution in [0.2, 0.25) is 0 Å². The second-order valence-corrected chi connectivity index (χ2v) is 4.58. The quantitative estimate of drug-likeness (QED) is 0.873. The molecule has 1 atom stereocenters. The van der Waals surface area contributed by atoms with Gasteiger partial charge >= 0.3 is 0 Å². The predicted molar refractivity (Wildman–Crippen MR) is 75.4 cm³/mol. The number of nitrogens with zero attached hydrogens (tertiary/aromatic N) is 2. The van der Waals surface area contributed by atoms with E-state index in [0.717, 1.165) is 13.0 Å². The van der Waals surface area contributed by atoms with E-state index in [1.807, 2.05) is 13.2 Å². The molecule has 1 aromatic carbocycles. The van der Waals surface area contributed by atoms with Gasteiger partial charge in [-0.1, -0.05) is 25.1 Å². The number of hydrogen-bond donors (Lipinski definition) is 1. The van der Waals surface area contributed by atoms with Gasteiger partial charge in [0.1, 0.15) is 0 Å². The lowest BCUT2D eigenvalue weighted by Gasteiger charge is -2.13. The highest BCUT2D eigenvalue weighted by Gasteiger charge is 2.07. The Morgan fingerprint density at radius 1 is 1.33 bits per heavy atom. The number of benzene rings is 1. The topological polar surface area (TPSA) is 29.9 Å². The van der Waals surface area contributed by atoms with Crippen LogP contribution < -0.4 is 5.32 Å². The first-order chi connectivity index (χ1) is 8.76. The molecule has 3 nitrogen and oxygen atoms in total. The van der Waals surface area contributed by atoms with E-state index in [-0.39, 0.29) is 0 Å². The van der Waals surface area contributed by atoms with Crippen molar-refractivity contribution in [2.24, 2.45) is 0 Å². The van der Waals surface area contributed by atoms with Gasteiger partial charge in [0.2, 0.25) is 0 Å². The molecule has 0 spiro atoms. The van der Waals surface area contributed by atoms with Gasteiger partial charge in [0.05, 0.1) is 5.69 Å². The van der Waals surface area contributed by atoms with Crippen molar-refractivity contribution in [3.63, 3.8) is 0 Å². The lowest BCUT2D eigenvalue weighted by molar-refractivity contribution is 0.608. The SMILES string of the molecule is CCCn1nccc1-c1cccc(C(C)NC)c1. The summed E-state index contributed by atoms with van der Waals surface area (Å²) in [6.45, 7) is 5.31. The molecule has 1 heterocycles. The third-order valence-electron chi connectivity index (χ3n) is 3.27. The van der Waals surface area contributed by atoms with Crippen molar-refractivity contribution < 1.29 is 0 Å². The van der Waals surface area contributed by atoms with Gasteiger partial charge in [-0.25, -0.2) is 0 Å². The van der Waals surface area contributed by atoms with Crippen LogP contribution in [0.1, 0.15) is 31.9 Å². The van der Waals surface area contributed by atoms with E-state index < -0.39 is 0 Å². The van der Waals surface area contributed by atoms with Crippen LogP contribution >= 0.6 is 0 Å². The zero-order chi connectivity index (χ0) is 13.0. The molecule has 0 aliphatic heterocycles. The van der Waals surface area contributed by atoms with Gasteiger partial charge in [-0.05, 0) is 38.1 Å². The molecule has 2 aromatic rings. The molecule has 1 N–H and O–H groups in total. The van der Waals surface area contributed by atoms with Crippen LogP contribution in [0.3, 0.4) is 0 Å². The molecule has 0 saturated heterocycles. The van der Waals surface area contributed by atoms with Crippen molar-refractivity contribution in [1.82, 2.24) is 15.1 Å². The Kier molecular flexibility index (Phi) is 4.15. The first kappa shape index (κ1) is 12.8. The molecule has 0 fully saturated rings. The largest absolute Gasteiger partial charge is 0.313 e. The molecular formula is C15H21N3. The van der Waals surface area contributed by atoms with Crippen molar-refractivity contribution in [2.45, 2.75) is 32.9 Å². The zero-order valence-corrected chi connectivity index (χ0v) is 11.4. The third kappa shape index (κ3) is 2.62. The fourth-order valence-electron chi connectivity index (χ4n) is 2.10. The monoisotopic (exact) mass is 243 g/mol. The first-order valence-electron chi connectivity index (χ1n) is 6.55. The summed E-state index contributed by atoms with van der Waals surface area (Å²) in [6, 6.07) is 11.1. The van der Waals surface area contributed by atoms with Crippen LogP contribution in [-0.2, 0) is 6.54 Å². The van der Waals surface area contributed by atoms with E-state index in [4.69, 9.17) is 0 Å². The van der Waals surface area contributed by atoms with Crippen molar-refractivity contribution >= 4 is 0 Å². The minimum Gasteiger partial charge on any atom is -0.313 e. The highest BCUT2D eigenvalue weighted by molar-refractivity contribution is 5.60. The standard InChI is InChI=1S/C15H21N3/c1-4-10-18-15(8-9-17-18)14-7-5-6-13(11-14)12(2)16-3/h5-9,11-12,16H,4,10H2,1-3H3. The van der Waals surface area contributed by atoms with E-state index in [1.54, 1.807) is 0 Å². The molecule has 0 radical (unpaired) electrons. The number of hydrogen-bond acceptors (Lipinski definition) is 2.